The zero-order chi connectivity index (χ0) is 21.8. The van der Waals surface area contributed by atoms with E-state index in [1.54, 1.807) is 12.3 Å². The van der Waals surface area contributed by atoms with Crippen LogP contribution >= 0.6 is 11.3 Å². The highest BCUT2D eigenvalue weighted by Crippen LogP contribution is 2.38. The van der Waals surface area contributed by atoms with Crippen LogP contribution < -0.4 is 5.32 Å². The number of thiophene rings is 1. The molecule has 0 aliphatic carbocycles. The third-order valence-electron chi connectivity index (χ3n) is 4.49. The molecule has 0 radical (unpaired) electrons. The molecule has 0 fully saturated rings. The average Bonchev–Trinajstić information content (AvgIpc) is 3.11. The Morgan fingerprint density at radius 1 is 1.13 bits per heavy atom. The molecular formula is C22H20N2O5S. The molecule has 7 nitrogen and oxygen atoms in total. The van der Waals surface area contributed by atoms with E-state index in [0.29, 0.717) is 10.6 Å². The summed E-state index contributed by atoms with van der Waals surface area (Å²) in [6.07, 6.45) is 0. The van der Waals surface area contributed by atoms with Crippen LogP contribution in [-0.2, 0) is 4.74 Å². The van der Waals surface area contributed by atoms with Gasteiger partial charge in [0.1, 0.15) is 10.6 Å². The molecule has 0 bridgehead atoms. The van der Waals surface area contributed by atoms with E-state index in [-0.39, 0.29) is 23.4 Å². The lowest BCUT2D eigenvalue weighted by Crippen LogP contribution is -2.15. The second kappa shape index (κ2) is 8.87. The first-order chi connectivity index (χ1) is 14.3. The molecule has 1 heterocycles. The van der Waals surface area contributed by atoms with Crippen molar-refractivity contribution in [1.82, 2.24) is 0 Å². The zero-order valence-electron chi connectivity index (χ0n) is 16.7. The molecule has 0 saturated carbocycles. The van der Waals surface area contributed by atoms with Gasteiger partial charge in [0.15, 0.2) is 0 Å². The van der Waals surface area contributed by atoms with Crippen molar-refractivity contribution in [3.8, 4) is 11.1 Å². The predicted octanol–water partition coefficient (Wildman–Crippen LogP) is 5.37. The van der Waals surface area contributed by atoms with Gasteiger partial charge in [0.25, 0.3) is 11.6 Å². The van der Waals surface area contributed by atoms with E-state index < -0.39 is 16.8 Å². The van der Waals surface area contributed by atoms with E-state index in [1.165, 1.54) is 35.6 Å². The van der Waals surface area contributed by atoms with Gasteiger partial charge in [0.05, 0.1) is 11.5 Å². The van der Waals surface area contributed by atoms with Crippen LogP contribution in [0.15, 0.2) is 47.8 Å². The highest BCUT2D eigenvalue weighted by atomic mass is 32.1. The van der Waals surface area contributed by atoms with Gasteiger partial charge in [-0.3, -0.25) is 14.9 Å². The van der Waals surface area contributed by atoms with Crippen LogP contribution in [0.25, 0.3) is 11.1 Å². The minimum atomic E-state index is -0.565. The van der Waals surface area contributed by atoms with Crippen molar-refractivity contribution in [3.63, 3.8) is 0 Å². The van der Waals surface area contributed by atoms with Gasteiger partial charge in [0, 0.05) is 28.6 Å². The monoisotopic (exact) mass is 424 g/mol. The molecule has 8 heteroatoms. The van der Waals surface area contributed by atoms with Crippen LogP contribution in [0.4, 0.5) is 10.7 Å². The molecule has 3 rings (SSSR count). The molecular weight excluding hydrogens is 404 g/mol. The van der Waals surface area contributed by atoms with E-state index in [4.69, 9.17) is 4.74 Å². The Hall–Kier alpha value is -3.52. The number of hydrogen-bond donors (Lipinski definition) is 1. The summed E-state index contributed by atoms with van der Waals surface area (Å²) in [5.74, 6) is -1.08. The fraction of sp³-hybridized carbons (Fsp3) is 0.182. The Morgan fingerprint density at radius 3 is 2.57 bits per heavy atom. The van der Waals surface area contributed by atoms with Gasteiger partial charge in [-0.2, -0.15) is 0 Å². The van der Waals surface area contributed by atoms with Crippen LogP contribution in [0, 0.1) is 24.0 Å². The van der Waals surface area contributed by atoms with E-state index in [0.717, 1.165) is 16.7 Å². The van der Waals surface area contributed by atoms with Crippen molar-refractivity contribution in [2.75, 3.05) is 11.9 Å². The molecule has 2 aromatic carbocycles. The van der Waals surface area contributed by atoms with Crippen molar-refractivity contribution < 1.29 is 19.2 Å². The number of aryl methyl sites for hydroxylation is 2. The number of benzene rings is 2. The maximum absolute atomic E-state index is 12.7. The number of nitrogens with zero attached hydrogens (tertiary/aromatic N) is 1. The number of esters is 1. The average molecular weight is 424 g/mol. The molecule has 1 N–H and O–H groups in total. The van der Waals surface area contributed by atoms with Gasteiger partial charge in [0.2, 0.25) is 0 Å². The number of nitrogens with one attached hydrogen (secondary N) is 1. The Balaban J connectivity index is 2.01. The highest BCUT2D eigenvalue weighted by Gasteiger charge is 2.24. The van der Waals surface area contributed by atoms with Gasteiger partial charge in [-0.1, -0.05) is 29.8 Å². The third-order valence-corrected chi connectivity index (χ3v) is 5.38. The minimum absolute atomic E-state index is 0.125. The SMILES string of the molecule is CCOC(=O)c1c(-c2ccc(C)cc2C)csc1NC(=O)c1cccc([N+](=O)[O-])c1. The van der Waals surface area contributed by atoms with Gasteiger partial charge < -0.3 is 10.1 Å². The topological polar surface area (TPSA) is 98.5 Å². The number of rotatable bonds is 6. The van der Waals surface area contributed by atoms with Crippen molar-refractivity contribution in [2.24, 2.45) is 0 Å². The standard InChI is InChI=1S/C22H20N2O5S/c1-4-29-22(26)19-18(17-9-8-13(2)10-14(17)3)12-30-21(19)23-20(25)15-6-5-7-16(11-15)24(27)28/h5-12H,4H2,1-3H3,(H,23,25). The fourth-order valence-corrected chi connectivity index (χ4v) is 4.05. The van der Waals surface area contributed by atoms with Gasteiger partial charge in [-0.25, -0.2) is 4.79 Å². The quantitative estimate of drug-likeness (QED) is 0.326. The number of amides is 1. The number of nitro groups is 1. The number of ether oxygens (including phenoxy) is 1. The second-order valence-electron chi connectivity index (χ2n) is 6.65. The van der Waals surface area contributed by atoms with Crippen molar-refractivity contribution >= 4 is 33.9 Å². The van der Waals surface area contributed by atoms with Crippen molar-refractivity contribution in [3.05, 3.63) is 80.2 Å². The Labute approximate surface area is 177 Å². The predicted molar refractivity (Wildman–Crippen MR) is 116 cm³/mol. The van der Waals surface area contributed by atoms with Crippen molar-refractivity contribution in [2.45, 2.75) is 20.8 Å². The van der Waals surface area contributed by atoms with Gasteiger partial charge in [-0.15, -0.1) is 11.3 Å². The van der Waals surface area contributed by atoms with Crippen LogP contribution in [0.2, 0.25) is 0 Å². The Kier molecular flexibility index (Phi) is 6.27. The summed E-state index contributed by atoms with van der Waals surface area (Å²) in [4.78, 5) is 35.8. The third kappa shape index (κ3) is 4.38. The lowest BCUT2D eigenvalue weighted by Gasteiger charge is -2.11. The normalized spacial score (nSPS) is 10.5. The first-order valence-corrected chi connectivity index (χ1v) is 10.1. The minimum Gasteiger partial charge on any atom is -0.462 e. The number of nitro benzene ring substituents is 1. The molecule has 1 amide bonds. The summed E-state index contributed by atoms with van der Waals surface area (Å²) in [6.45, 7) is 5.85. The van der Waals surface area contributed by atoms with E-state index in [9.17, 15) is 19.7 Å². The summed E-state index contributed by atoms with van der Waals surface area (Å²) < 4.78 is 5.22. The highest BCUT2D eigenvalue weighted by molar-refractivity contribution is 7.15. The molecule has 0 saturated heterocycles. The molecule has 3 aromatic rings. The van der Waals surface area contributed by atoms with Crippen LogP contribution in [0.3, 0.4) is 0 Å². The molecule has 1 aromatic heterocycles. The number of hydrogen-bond acceptors (Lipinski definition) is 6. The van der Waals surface area contributed by atoms with Crippen molar-refractivity contribution in [1.29, 1.82) is 0 Å². The van der Waals surface area contributed by atoms with Crippen LogP contribution in [0.1, 0.15) is 38.8 Å². The van der Waals surface area contributed by atoms with Crippen LogP contribution in [-0.4, -0.2) is 23.4 Å². The van der Waals surface area contributed by atoms with E-state index in [1.807, 2.05) is 32.0 Å². The molecule has 0 atom stereocenters. The molecule has 0 aliphatic rings. The van der Waals surface area contributed by atoms with Crippen LogP contribution in [0.5, 0.6) is 0 Å². The maximum atomic E-state index is 12.7. The lowest BCUT2D eigenvalue weighted by atomic mass is 9.97. The first-order valence-electron chi connectivity index (χ1n) is 9.23. The first kappa shape index (κ1) is 21.2. The summed E-state index contributed by atoms with van der Waals surface area (Å²) in [7, 11) is 0. The maximum Gasteiger partial charge on any atom is 0.341 e. The number of non-ortho nitro benzene ring substituents is 1. The lowest BCUT2D eigenvalue weighted by molar-refractivity contribution is -0.384. The molecule has 0 spiro atoms. The number of anilines is 1. The zero-order valence-corrected chi connectivity index (χ0v) is 17.5. The molecule has 30 heavy (non-hydrogen) atoms. The molecule has 0 aliphatic heterocycles. The van der Waals surface area contributed by atoms with E-state index in [2.05, 4.69) is 5.32 Å². The number of carbonyl (C=O) groups excluding carboxylic acids is 2. The summed E-state index contributed by atoms with van der Waals surface area (Å²) in [5, 5.41) is 15.8. The fourth-order valence-electron chi connectivity index (χ4n) is 3.11. The van der Waals surface area contributed by atoms with Gasteiger partial charge >= 0.3 is 5.97 Å². The summed E-state index contributed by atoms with van der Waals surface area (Å²) in [5.41, 5.74) is 3.85. The van der Waals surface area contributed by atoms with E-state index >= 15 is 0 Å². The smallest absolute Gasteiger partial charge is 0.341 e. The largest absolute Gasteiger partial charge is 0.462 e. The molecule has 0 unspecified atom stereocenters. The summed E-state index contributed by atoms with van der Waals surface area (Å²) >= 11 is 1.20. The Bertz CT molecular complexity index is 1140. The van der Waals surface area contributed by atoms with Gasteiger partial charge in [-0.05, 0) is 38.0 Å². The number of carbonyl (C=O) groups is 2. The Morgan fingerprint density at radius 2 is 1.90 bits per heavy atom. The summed E-state index contributed by atoms with van der Waals surface area (Å²) in [6, 6.07) is 11.3. The molecule has 154 valence electrons. The second-order valence-corrected chi connectivity index (χ2v) is 7.53.